The third-order valence-electron chi connectivity index (χ3n) is 3.94. The van der Waals surface area contributed by atoms with Gasteiger partial charge in [-0.05, 0) is 49.3 Å². The van der Waals surface area contributed by atoms with Gasteiger partial charge in [0.1, 0.15) is 0 Å². The zero-order valence-corrected chi connectivity index (χ0v) is 12.9. The summed E-state index contributed by atoms with van der Waals surface area (Å²) in [7, 11) is 0. The number of halogens is 1. The lowest BCUT2D eigenvalue weighted by Gasteiger charge is -2.18. The van der Waals surface area contributed by atoms with Crippen LogP contribution in [0.25, 0.3) is 0 Å². The quantitative estimate of drug-likeness (QED) is 0.787. The molecule has 2 fully saturated rings. The van der Waals surface area contributed by atoms with Gasteiger partial charge in [0.2, 0.25) is 0 Å². The summed E-state index contributed by atoms with van der Waals surface area (Å²) < 4.78 is 7.05. The molecule has 2 aliphatic rings. The first-order chi connectivity index (χ1) is 9.31. The van der Waals surface area contributed by atoms with Gasteiger partial charge in [-0.1, -0.05) is 28.1 Å². The molecule has 2 nitrogen and oxygen atoms in total. The molecular weight excluding hydrogens is 302 g/mol. The standard InChI is InChI=1S/C16H22BrNO/c17-15-5-3-13(4-6-15)14(9-18-16-7-8-16)11-19-10-12-1-2-12/h3-6,12,14,16,18H,1-2,7-11H2. The summed E-state index contributed by atoms with van der Waals surface area (Å²) in [5, 5.41) is 3.63. The largest absolute Gasteiger partial charge is 0.380 e. The molecule has 1 aromatic rings. The Morgan fingerprint density at radius 1 is 1.16 bits per heavy atom. The Hall–Kier alpha value is -0.380. The van der Waals surface area contributed by atoms with Crippen LogP contribution in [0, 0.1) is 5.92 Å². The van der Waals surface area contributed by atoms with Crippen LogP contribution in [0.3, 0.4) is 0 Å². The summed E-state index contributed by atoms with van der Waals surface area (Å²) in [5.74, 6) is 1.33. The predicted octanol–water partition coefficient (Wildman–Crippen LogP) is 3.71. The van der Waals surface area contributed by atoms with Crippen LogP contribution in [0.4, 0.5) is 0 Å². The molecule has 19 heavy (non-hydrogen) atoms. The van der Waals surface area contributed by atoms with Crippen LogP contribution in [0.15, 0.2) is 28.7 Å². The molecule has 0 saturated heterocycles. The lowest BCUT2D eigenvalue weighted by atomic mass is 10.00. The highest BCUT2D eigenvalue weighted by molar-refractivity contribution is 9.10. The van der Waals surface area contributed by atoms with E-state index in [9.17, 15) is 0 Å². The Morgan fingerprint density at radius 3 is 2.53 bits per heavy atom. The molecule has 1 N–H and O–H groups in total. The predicted molar refractivity (Wildman–Crippen MR) is 81.5 cm³/mol. The van der Waals surface area contributed by atoms with E-state index in [2.05, 4.69) is 45.5 Å². The van der Waals surface area contributed by atoms with E-state index in [-0.39, 0.29) is 0 Å². The number of ether oxygens (including phenoxy) is 1. The molecule has 0 bridgehead atoms. The second kappa shape index (κ2) is 6.38. The first kappa shape index (κ1) is 13.6. The Labute approximate surface area is 124 Å². The van der Waals surface area contributed by atoms with E-state index in [4.69, 9.17) is 4.74 Å². The third-order valence-corrected chi connectivity index (χ3v) is 4.47. The minimum Gasteiger partial charge on any atom is -0.380 e. The van der Waals surface area contributed by atoms with Crippen molar-refractivity contribution in [2.45, 2.75) is 37.6 Å². The van der Waals surface area contributed by atoms with Gasteiger partial charge in [0.25, 0.3) is 0 Å². The SMILES string of the molecule is Brc1ccc(C(CNC2CC2)COCC2CC2)cc1. The van der Waals surface area contributed by atoms with Crippen molar-refractivity contribution in [3.8, 4) is 0 Å². The molecule has 2 aliphatic carbocycles. The fraction of sp³-hybridized carbons (Fsp3) is 0.625. The molecule has 0 heterocycles. The molecular formula is C16H22BrNO. The summed E-state index contributed by atoms with van der Waals surface area (Å²) in [5.41, 5.74) is 1.38. The maximum absolute atomic E-state index is 5.91. The van der Waals surface area contributed by atoms with Crippen LogP contribution in [-0.4, -0.2) is 25.8 Å². The van der Waals surface area contributed by atoms with Crippen molar-refractivity contribution in [1.29, 1.82) is 0 Å². The first-order valence-corrected chi connectivity index (χ1v) is 8.17. The average molecular weight is 324 g/mol. The van der Waals surface area contributed by atoms with E-state index < -0.39 is 0 Å². The van der Waals surface area contributed by atoms with Gasteiger partial charge < -0.3 is 10.1 Å². The molecule has 0 aliphatic heterocycles. The third kappa shape index (κ3) is 4.59. The Kier molecular flexibility index (Phi) is 4.57. The highest BCUT2D eigenvalue weighted by atomic mass is 79.9. The zero-order valence-electron chi connectivity index (χ0n) is 11.3. The van der Waals surface area contributed by atoms with Crippen molar-refractivity contribution < 1.29 is 4.74 Å². The number of rotatable bonds is 8. The smallest absolute Gasteiger partial charge is 0.0547 e. The van der Waals surface area contributed by atoms with Crippen LogP contribution >= 0.6 is 15.9 Å². The molecule has 1 aromatic carbocycles. The summed E-state index contributed by atoms with van der Waals surface area (Å²) in [6.07, 6.45) is 5.42. The molecule has 0 radical (unpaired) electrons. The van der Waals surface area contributed by atoms with Crippen LogP contribution in [0.5, 0.6) is 0 Å². The van der Waals surface area contributed by atoms with E-state index in [1.807, 2.05) is 0 Å². The van der Waals surface area contributed by atoms with Gasteiger partial charge >= 0.3 is 0 Å². The molecule has 0 aromatic heterocycles. The normalized spacial score (nSPS) is 20.5. The number of hydrogen-bond acceptors (Lipinski definition) is 2. The van der Waals surface area contributed by atoms with Gasteiger partial charge in [0.15, 0.2) is 0 Å². The maximum Gasteiger partial charge on any atom is 0.0547 e. The van der Waals surface area contributed by atoms with Crippen LogP contribution in [0.2, 0.25) is 0 Å². The van der Waals surface area contributed by atoms with Gasteiger partial charge in [0.05, 0.1) is 6.61 Å². The second-order valence-corrected chi connectivity index (χ2v) is 6.83. The van der Waals surface area contributed by atoms with Gasteiger partial charge in [0, 0.05) is 29.6 Å². The maximum atomic E-state index is 5.91. The van der Waals surface area contributed by atoms with Crippen molar-refractivity contribution in [2.75, 3.05) is 19.8 Å². The Morgan fingerprint density at radius 2 is 1.89 bits per heavy atom. The molecule has 0 spiro atoms. The van der Waals surface area contributed by atoms with E-state index in [0.717, 1.165) is 36.2 Å². The Balaban J connectivity index is 1.54. The second-order valence-electron chi connectivity index (χ2n) is 5.91. The number of nitrogens with one attached hydrogen (secondary N) is 1. The number of benzene rings is 1. The van der Waals surface area contributed by atoms with Crippen molar-refractivity contribution in [3.63, 3.8) is 0 Å². The summed E-state index contributed by atoms with van der Waals surface area (Å²) in [4.78, 5) is 0. The summed E-state index contributed by atoms with van der Waals surface area (Å²) in [6, 6.07) is 9.44. The molecule has 1 unspecified atom stereocenters. The van der Waals surface area contributed by atoms with Gasteiger partial charge in [-0.3, -0.25) is 0 Å². The fourth-order valence-electron chi connectivity index (χ4n) is 2.27. The molecule has 3 rings (SSSR count). The van der Waals surface area contributed by atoms with E-state index >= 15 is 0 Å². The molecule has 1 atom stereocenters. The van der Waals surface area contributed by atoms with Crippen molar-refractivity contribution >= 4 is 15.9 Å². The summed E-state index contributed by atoms with van der Waals surface area (Å²) in [6.45, 7) is 2.84. The average Bonchev–Trinajstić information content (AvgIpc) is 3.28. The van der Waals surface area contributed by atoms with E-state index in [1.165, 1.54) is 31.2 Å². The topological polar surface area (TPSA) is 21.3 Å². The first-order valence-electron chi connectivity index (χ1n) is 7.38. The van der Waals surface area contributed by atoms with Gasteiger partial charge in [-0.2, -0.15) is 0 Å². The highest BCUT2D eigenvalue weighted by Gasteiger charge is 2.24. The van der Waals surface area contributed by atoms with Crippen molar-refractivity contribution in [2.24, 2.45) is 5.92 Å². The van der Waals surface area contributed by atoms with Crippen LogP contribution < -0.4 is 5.32 Å². The molecule has 2 saturated carbocycles. The Bertz CT molecular complexity index is 398. The van der Waals surface area contributed by atoms with Gasteiger partial charge in [-0.15, -0.1) is 0 Å². The lowest BCUT2D eigenvalue weighted by Crippen LogP contribution is -2.26. The van der Waals surface area contributed by atoms with E-state index in [0.29, 0.717) is 5.92 Å². The highest BCUT2D eigenvalue weighted by Crippen LogP contribution is 2.29. The van der Waals surface area contributed by atoms with Gasteiger partial charge in [-0.25, -0.2) is 0 Å². The van der Waals surface area contributed by atoms with Crippen molar-refractivity contribution in [3.05, 3.63) is 34.3 Å². The molecule has 3 heteroatoms. The summed E-state index contributed by atoms with van der Waals surface area (Å²) >= 11 is 3.50. The lowest BCUT2D eigenvalue weighted by molar-refractivity contribution is 0.110. The van der Waals surface area contributed by atoms with Crippen molar-refractivity contribution in [1.82, 2.24) is 5.32 Å². The van der Waals surface area contributed by atoms with E-state index in [1.54, 1.807) is 0 Å². The monoisotopic (exact) mass is 323 g/mol. The number of hydrogen-bond donors (Lipinski definition) is 1. The molecule has 104 valence electrons. The van der Waals surface area contributed by atoms with Crippen LogP contribution in [0.1, 0.15) is 37.2 Å². The molecule has 0 amide bonds. The van der Waals surface area contributed by atoms with Crippen LogP contribution in [-0.2, 0) is 4.74 Å². The minimum absolute atomic E-state index is 0.479. The zero-order chi connectivity index (χ0) is 13.1. The minimum atomic E-state index is 0.479. The fourth-order valence-corrected chi connectivity index (χ4v) is 2.53.